The molecule has 0 saturated heterocycles. The normalized spacial score (nSPS) is 13.6. The van der Waals surface area contributed by atoms with Crippen molar-refractivity contribution >= 4 is 9.84 Å². The van der Waals surface area contributed by atoms with Crippen LogP contribution in [0.4, 0.5) is 0 Å². The van der Waals surface area contributed by atoms with Crippen LogP contribution in [0, 0.1) is 11.3 Å². The molecule has 0 fully saturated rings. The molecule has 0 radical (unpaired) electrons. The Balaban J connectivity index is 4.16. The van der Waals surface area contributed by atoms with Crippen LogP contribution >= 0.6 is 0 Å². The maximum absolute atomic E-state index is 11.4. The van der Waals surface area contributed by atoms with Gasteiger partial charge in [-0.15, -0.1) is 0 Å². The summed E-state index contributed by atoms with van der Waals surface area (Å²) in [6.45, 7) is 3.75. The van der Waals surface area contributed by atoms with Gasteiger partial charge in [0.25, 0.3) is 0 Å². The van der Waals surface area contributed by atoms with Crippen molar-refractivity contribution in [1.29, 1.82) is 5.26 Å². The Kier molecular flexibility index (Phi) is 5.72. The van der Waals surface area contributed by atoms with E-state index in [0.29, 0.717) is 12.8 Å². The first-order valence-electron chi connectivity index (χ1n) is 4.69. The van der Waals surface area contributed by atoms with Crippen LogP contribution < -0.4 is 0 Å². The second-order valence-corrected chi connectivity index (χ2v) is 5.40. The van der Waals surface area contributed by atoms with Crippen molar-refractivity contribution in [2.24, 2.45) is 0 Å². The maximum atomic E-state index is 11.4. The second kappa shape index (κ2) is 5.98. The third-order valence-corrected chi connectivity index (χ3v) is 4.14. The van der Waals surface area contributed by atoms with Crippen molar-refractivity contribution in [3.63, 3.8) is 0 Å². The Morgan fingerprint density at radius 3 is 2.31 bits per heavy atom. The van der Waals surface area contributed by atoms with E-state index in [2.05, 4.69) is 0 Å². The highest BCUT2D eigenvalue weighted by Crippen LogP contribution is 2.09. The SMILES string of the molecule is CCCCCS(=O)(=O)C(C#N)CC. The average molecular weight is 203 g/mol. The van der Waals surface area contributed by atoms with Crippen LogP contribution in [0.3, 0.4) is 0 Å². The van der Waals surface area contributed by atoms with Gasteiger partial charge < -0.3 is 0 Å². The Labute approximate surface area is 80.7 Å². The van der Waals surface area contributed by atoms with Crippen molar-refractivity contribution in [2.45, 2.75) is 44.8 Å². The van der Waals surface area contributed by atoms with Gasteiger partial charge in [0, 0.05) is 0 Å². The number of hydrogen-bond acceptors (Lipinski definition) is 3. The van der Waals surface area contributed by atoms with Crippen LogP contribution in [0.5, 0.6) is 0 Å². The van der Waals surface area contributed by atoms with Crippen LogP contribution in [-0.2, 0) is 9.84 Å². The summed E-state index contributed by atoms with van der Waals surface area (Å²) in [6, 6.07) is 1.83. The second-order valence-electron chi connectivity index (χ2n) is 3.10. The van der Waals surface area contributed by atoms with Crippen LogP contribution in [0.15, 0.2) is 0 Å². The number of nitriles is 1. The number of rotatable bonds is 6. The molecule has 0 aromatic heterocycles. The van der Waals surface area contributed by atoms with Gasteiger partial charge in [0.05, 0.1) is 11.8 Å². The van der Waals surface area contributed by atoms with Crippen molar-refractivity contribution in [1.82, 2.24) is 0 Å². The van der Waals surface area contributed by atoms with Gasteiger partial charge in [-0.2, -0.15) is 5.26 Å². The van der Waals surface area contributed by atoms with E-state index < -0.39 is 15.1 Å². The van der Waals surface area contributed by atoms with Crippen LogP contribution in [0.1, 0.15) is 39.5 Å². The molecule has 4 heteroatoms. The van der Waals surface area contributed by atoms with E-state index in [1.54, 1.807) is 6.92 Å². The van der Waals surface area contributed by atoms with E-state index >= 15 is 0 Å². The minimum atomic E-state index is -3.16. The van der Waals surface area contributed by atoms with Gasteiger partial charge in [-0.05, 0) is 12.8 Å². The predicted octanol–water partition coefficient (Wildman–Crippen LogP) is 1.89. The van der Waals surface area contributed by atoms with Gasteiger partial charge >= 0.3 is 0 Å². The van der Waals surface area contributed by atoms with E-state index in [4.69, 9.17) is 5.26 Å². The summed E-state index contributed by atoms with van der Waals surface area (Å²) in [5.41, 5.74) is 0. The monoisotopic (exact) mass is 203 g/mol. The molecule has 0 rings (SSSR count). The first-order valence-corrected chi connectivity index (χ1v) is 6.41. The van der Waals surface area contributed by atoms with Gasteiger partial charge in [-0.3, -0.25) is 0 Å². The molecule has 1 atom stereocenters. The molecule has 0 spiro atoms. The maximum Gasteiger partial charge on any atom is 0.166 e. The summed E-state index contributed by atoms with van der Waals surface area (Å²) in [6.07, 6.45) is 2.99. The first-order chi connectivity index (χ1) is 6.08. The van der Waals surface area contributed by atoms with E-state index in [0.717, 1.165) is 12.8 Å². The highest BCUT2D eigenvalue weighted by molar-refractivity contribution is 7.92. The van der Waals surface area contributed by atoms with Gasteiger partial charge in [0.2, 0.25) is 0 Å². The molecule has 0 N–H and O–H groups in total. The van der Waals surface area contributed by atoms with Gasteiger partial charge in [0.15, 0.2) is 9.84 Å². The third kappa shape index (κ3) is 4.28. The van der Waals surface area contributed by atoms with Gasteiger partial charge in [0.1, 0.15) is 5.25 Å². The summed E-state index contributed by atoms with van der Waals surface area (Å²) in [5.74, 6) is 0.160. The summed E-state index contributed by atoms with van der Waals surface area (Å²) < 4.78 is 22.9. The molecular formula is C9H17NO2S. The fourth-order valence-corrected chi connectivity index (χ4v) is 2.68. The molecule has 0 bridgehead atoms. The Bertz CT molecular complexity index is 264. The molecule has 0 aromatic carbocycles. The predicted molar refractivity (Wildman–Crippen MR) is 53.0 cm³/mol. The third-order valence-electron chi connectivity index (χ3n) is 1.98. The van der Waals surface area contributed by atoms with E-state index in [9.17, 15) is 8.42 Å². The number of hydrogen-bond donors (Lipinski definition) is 0. The summed E-state index contributed by atoms with van der Waals surface area (Å²) in [4.78, 5) is 0. The van der Waals surface area contributed by atoms with Crippen molar-refractivity contribution in [3.8, 4) is 6.07 Å². The molecule has 76 valence electrons. The molecule has 0 heterocycles. The largest absolute Gasteiger partial charge is 0.227 e. The van der Waals surface area contributed by atoms with Crippen molar-refractivity contribution < 1.29 is 8.42 Å². The summed E-state index contributed by atoms with van der Waals surface area (Å²) >= 11 is 0. The Morgan fingerprint density at radius 1 is 1.31 bits per heavy atom. The zero-order chi connectivity index (χ0) is 10.3. The highest BCUT2D eigenvalue weighted by Gasteiger charge is 2.22. The molecule has 1 unspecified atom stereocenters. The van der Waals surface area contributed by atoms with Gasteiger partial charge in [-0.25, -0.2) is 8.42 Å². The van der Waals surface area contributed by atoms with Crippen molar-refractivity contribution in [3.05, 3.63) is 0 Å². The Hall–Kier alpha value is -0.560. The lowest BCUT2D eigenvalue weighted by Crippen LogP contribution is -2.21. The van der Waals surface area contributed by atoms with Crippen molar-refractivity contribution in [2.75, 3.05) is 5.75 Å². The van der Waals surface area contributed by atoms with Crippen LogP contribution in [0.25, 0.3) is 0 Å². The quantitative estimate of drug-likeness (QED) is 0.619. The highest BCUT2D eigenvalue weighted by atomic mass is 32.2. The van der Waals surface area contributed by atoms with E-state index in [-0.39, 0.29) is 5.75 Å². The fourth-order valence-electron chi connectivity index (χ4n) is 1.12. The molecule has 0 amide bonds. The molecule has 0 aliphatic heterocycles. The fraction of sp³-hybridized carbons (Fsp3) is 0.889. The molecule has 0 aliphatic carbocycles. The molecule has 3 nitrogen and oxygen atoms in total. The van der Waals surface area contributed by atoms with E-state index in [1.807, 2.05) is 13.0 Å². The molecule has 0 aromatic rings. The standard InChI is InChI=1S/C9H17NO2S/c1-3-5-6-7-13(11,12)9(4-2)8-10/h9H,3-7H2,1-2H3. The summed E-state index contributed by atoms with van der Waals surface area (Å²) in [5, 5.41) is 7.79. The number of sulfone groups is 1. The average Bonchev–Trinajstić information content (AvgIpc) is 2.06. The first kappa shape index (κ1) is 12.4. The number of nitrogens with zero attached hydrogens (tertiary/aromatic N) is 1. The zero-order valence-electron chi connectivity index (χ0n) is 8.28. The lowest BCUT2D eigenvalue weighted by molar-refractivity contribution is 0.582. The molecule has 0 aliphatic rings. The number of unbranched alkanes of at least 4 members (excludes halogenated alkanes) is 2. The minimum absolute atomic E-state index is 0.160. The molecule has 13 heavy (non-hydrogen) atoms. The lowest BCUT2D eigenvalue weighted by Gasteiger charge is -2.07. The van der Waals surface area contributed by atoms with Gasteiger partial charge in [-0.1, -0.05) is 26.7 Å². The van der Waals surface area contributed by atoms with Crippen LogP contribution in [-0.4, -0.2) is 19.4 Å². The molecular weight excluding hydrogens is 186 g/mol. The van der Waals surface area contributed by atoms with E-state index in [1.165, 1.54) is 0 Å². The lowest BCUT2D eigenvalue weighted by atomic mass is 10.3. The smallest absolute Gasteiger partial charge is 0.166 e. The zero-order valence-corrected chi connectivity index (χ0v) is 9.10. The summed E-state index contributed by atoms with van der Waals surface area (Å²) in [7, 11) is -3.16. The minimum Gasteiger partial charge on any atom is -0.227 e. The van der Waals surface area contributed by atoms with Crippen LogP contribution in [0.2, 0.25) is 0 Å². The topological polar surface area (TPSA) is 57.9 Å². The molecule has 0 saturated carbocycles. The Morgan fingerprint density at radius 2 is 1.92 bits per heavy atom.